The van der Waals surface area contributed by atoms with Crippen molar-refractivity contribution in [2.45, 2.75) is 6.92 Å². The topological polar surface area (TPSA) is 117 Å². The van der Waals surface area contributed by atoms with Crippen molar-refractivity contribution in [2.75, 3.05) is 18.2 Å². The van der Waals surface area contributed by atoms with Gasteiger partial charge in [-0.25, -0.2) is 9.97 Å². The summed E-state index contributed by atoms with van der Waals surface area (Å²) in [6.07, 6.45) is 1.46. The molecular formula is C29H26N6O3. The van der Waals surface area contributed by atoms with Crippen molar-refractivity contribution in [3.05, 3.63) is 85.2 Å². The van der Waals surface area contributed by atoms with Crippen LogP contribution >= 0.6 is 0 Å². The highest BCUT2D eigenvalue weighted by molar-refractivity contribution is 6.08. The van der Waals surface area contributed by atoms with Crippen molar-refractivity contribution in [1.82, 2.24) is 19.5 Å². The summed E-state index contributed by atoms with van der Waals surface area (Å²) in [5, 5.41) is 3.59. The SMILES string of the molecule is C=C(C)C(=O)Nc1ccc(-c2c(-c3ccc(Oc4cccc(OC)n4)cc3)c3c(N)ncnc3n2C)cc1. The molecule has 38 heavy (non-hydrogen) atoms. The monoisotopic (exact) mass is 506 g/mol. The first-order valence-electron chi connectivity index (χ1n) is 11.8. The number of carbonyl (C=O) groups excluding carboxylic acids is 1. The summed E-state index contributed by atoms with van der Waals surface area (Å²) in [6, 6.07) is 20.6. The zero-order valence-corrected chi connectivity index (χ0v) is 21.2. The van der Waals surface area contributed by atoms with Crippen LogP contribution in [0.1, 0.15) is 6.92 Å². The quantitative estimate of drug-likeness (QED) is 0.276. The number of hydrogen-bond donors (Lipinski definition) is 2. The zero-order valence-electron chi connectivity index (χ0n) is 21.2. The van der Waals surface area contributed by atoms with Gasteiger partial charge in [-0.3, -0.25) is 4.79 Å². The second-order valence-electron chi connectivity index (χ2n) is 8.70. The minimum atomic E-state index is -0.224. The number of aryl methyl sites for hydroxylation is 1. The van der Waals surface area contributed by atoms with Crippen LogP contribution in [0.25, 0.3) is 33.4 Å². The maximum absolute atomic E-state index is 12.0. The maximum Gasteiger partial charge on any atom is 0.250 e. The number of ether oxygens (including phenoxy) is 2. The predicted octanol–water partition coefficient (Wildman–Crippen LogP) is 5.60. The molecule has 9 heteroatoms. The van der Waals surface area contributed by atoms with Crippen molar-refractivity contribution in [3.63, 3.8) is 0 Å². The van der Waals surface area contributed by atoms with Crippen LogP contribution in [-0.2, 0) is 11.8 Å². The molecule has 190 valence electrons. The van der Waals surface area contributed by atoms with Crippen molar-refractivity contribution in [2.24, 2.45) is 7.05 Å². The Kier molecular flexibility index (Phi) is 6.49. The fourth-order valence-electron chi connectivity index (χ4n) is 4.22. The Labute approximate surface area is 219 Å². The smallest absolute Gasteiger partial charge is 0.250 e. The van der Waals surface area contributed by atoms with Crippen LogP contribution in [0.15, 0.2) is 85.2 Å². The van der Waals surface area contributed by atoms with E-state index < -0.39 is 0 Å². The normalized spacial score (nSPS) is 10.8. The molecule has 3 N–H and O–H groups in total. The Morgan fingerprint density at radius 1 is 0.974 bits per heavy atom. The molecule has 0 atom stereocenters. The zero-order chi connectivity index (χ0) is 26.8. The van der Waals surface area contributed by atoms with E-state index in [-0.39, 0.29) is 5.91 Å². The van der Waals surface area contributed by atoms with Gasteiger partial charge in [-0.2, -0.15) is 4.98 Å². The number of pyridine rings is 1. The minimum absolute atomic E-state index is 0.224. The van der Waals surface area contributed by atoms with Gasteiger partial charge in [0, 0.05) is 36.0 Å². The number of aromatic nitrogens is 4. The molecule has 0 unspecified atom stereocenters. The molecule has 0 aliphatic rings. The van der Waals surface area contributed by atoms with Crippen molar-refractivity contribution in [3.8, 4) is 39.9 Å². The number of carbonyl (C=O) groups is 1. The summed E-state index contributed by atoms with van der Waals surface area (Å²) in [5.74, 6) is 1.69. The van der Waals surface area contributed by atoms with Gasteiger partial charge < -0.3 is 25.1 Å². The number of amides is 1. The van der Waals surface area contributed by atoms with E-state index in [1.807, 2.05) is 66.2 Å². The fraction of sp³-hybridized carbons (Fsp3) is 0.103. The van der Waals surface area contributed by atoms with E-state index >= 15 is 0 Å². The fourth-order valence-corrected chi connectivity index (χ4v) is 4.22. The summed E-state index contributed by atoms with van der Waals surface area (Å²) >= 11 is 0. The van der Waals surface area contributed by atoms with Crippen molar-refractivity contribution < 1.29 is 14.3 Å². The summed E-state index contributed by atoms with van der Waals surface area (Å²) in [7, 11) is 3.50. The average Bonchev–Trinajstić information content (AvgIpc) is 3.23. The number of fused-ring (bicyclic) bond motifs is 1. The second-order valence-corrected chi connectivity index (χ2v) is 8.70. The number of methoxy groups -OCH3 is 1. The standard InChI is InChI=1S/C29H26N6O3/c1-17(2)29(36)33-20-12-8-19(9-13-20)26-24(25-27(30)31-16-32-28(25)35(26)3)18-10-14-21(15-11-18)38-23-7-5-6-22(34-23)37-4/h5-16H,1H2,2-4H3,(H,33,36)(H2,30,31,32). The molecule has 0 bridgehead atoms. The Morgan fingerprint density at radius 2 is 1.66 bits per heavy atom. The van der Waals surface area contributed by atoms with E-state index in [9.17, 15) is 4.79 Å². The van der Waals surface area contributed by atoms with Gasteiger partial charge in [-0.1, -0.05) is 36.9 Å². The molecule has 2 aromatic carbocycles. The Hall–Kier alpha value is -5.18. The van der Waals surface area contributed by atoms with E-state index in [1.54, 1.807) is 26.2 Å². The number of benzene rings is 2. The van der Waals surface area contributed by atoms with Gasteiger partial charge in [0.25, 0.3) is 5.91 Å². The summed E-state index contributed by atoms with van der Waals surface area (Å²) in [4.78, 5) is 25.1. The van der Waals surface area contributed by atoms with Crippen LogP contribution in [-0.4, -0.2) is 32.5 Å². The first kappa shape index (κ1) is 24.5. The molecule has 0 saturated heterocycles. The van der Waals surface area contributed by atoms with E-state index in [0.717, 1.165) is 27.8 Å². The third kappa shape index (κ3) is 4.64. The van der Waals surface area contributed by atoms with Crippen LogP contribution in [0, 0.1) is 0 Å². The molecule has 5 aromatic rings. The van der Waals surface area contributed by atoms with Gasteiger partial charge in [-0.05, 0) is 42.3 Å². The van der Waals surface area contributed by atoms with Crippen LogP contribution in [0.2, 0.25) is 0 Å². The molecule has 0 spiro atoms. The number of rotatable bonds is 7. The molecular weight excluding hydrogens is 480 g/mol. The highest BCUT2D eigenvalue weighted by atomic mass is 16.5. The molecule has 3 aromatic heterocycles. The lowest BCUT2D eigenvalue weighted by Crippen LogP contribution is -2.11. The van der Waals surface area contributed by atoms with Gasteiger partial charge in [0.15, 0.2) is 0 Å². The highest BCUT2D eigenvalue weighted by Crippen LogP contribution is 2.42. The number of anilines is 2. The predicted molar refractivity (Wildman–Crippen MR) is 148 cm³/mol. The average molecular weight is 507 g/mol. The third-order valence-corrected chi connectivity index (χ3v) is 6.07. The lowest BCUT2D eigenvalue weighted by atomic mass is 9.98. The maximum atomic E-state index is 12.0. The molecule has 9 nitrogen and oxygen atoms in total. The molecule has 0 radical (unpaired) electrons. The van der Waals surface area contributed by atoms with Crippen molar-refractivity contribution in [1.29, 1.82) is 0 Å². The Balaban J connectivity index is 1.56. The third-order valence-electron chi connectivity index (χ3n) is 6.07. The van der Waals surface area contributed by atoms with E-state index in [1.165, 1.54) is 6.33 Å². The Bertz CT molecular complexity index is 1660. The number of hydrogen-bond acceptors (Lipinski definition) is 7. The van der Waals surface area contributed by atoms with E-state index in [0.29, 0.717) is 40.2 Å². The van der Waals surface area contributed by atoms with Crippen molar-refractivity contribution >= 4 is 28.4 Å². The molecule has 1 amide bonds. The first-order valence-corrected chi connectivity index (χ1v) is 11.8. The summed E-state index contributed by atoms with van der Waals surface area (Å²) in [5.41, 5.74) is 11.8. The van der Waals surface area contributed by atoms with Crippen LogP contribution < -0.4 is 20.5 Å². The van der Waals surface area contributed by atoms with Crippen LogP contribution in [0.4, 0.5) is 11.5 Å². The minimum Gasteiger partial charge on any atom is -0.481 e. The lowest BCUT2D eigenvalue weighted by Gasteiger charge is -2.11. The summed E-state index contributed by atoms with van der Waals surface area (Å²) in [6.45, 7) is 5.35. The summed E-state index contributed by atoms with van der Waals surface area (Å²) < 4.78 is 13.1. The molecule has 0 aliphatic heterocycles. The van der Waals surface area contributed by atoms with Gasteiger partial charge in [-0.15, -0.1) is 0 Å². The highest BCUT2D eigenvalue weighted by Gasteiger charge is 2.22. The molecule has 5 rings (SSSR count). The van der Waals surface area contributed by atoms with Crippen LogP contribution in [0.5, 0.6) is 17.5 Å². The Morgan fingerprint density at radius 3 is 2.34 bits per heavy atom. The van der Waals surface area contributed by atoms with Gasteiger partial charge in [0.2, 0.25) is 11.8 Å². The van der Waals surface area contributed by atoms with E-state index in [2.05, 4.69) is 26.8 Å². The molecule has 0 fully saturated rings. The van der Waals surface area contributed by atoms with Crippen LogP contribution in [0.3, 0.4) is 0 Å². The van der Waals surface area contributed by atoms with Gasteiger partial charge in [0.1, 0.15) is 23.5 Å². The molecule has 0 saturated carbocycles. The van der Waals surface area contributed by atoms with E-state index in [4.69, 9.17) is 15.2 Å². The second kappa shape index (κ2) is 10.1. The molecule has 0 aliphatic carbocycles. The number of nitrogens with zero attached hydrogens (tertiary/aromatic N) is 4. The molecule has 3 heterocycles. The lowest BCUT2D eigenvalue weighted by molar-refractivity contribution is -0.112. The first-order chi connectivity index (χ1) is 18.4. The number of nitrogens with one attached hydrogen (secondary N) is 1. The largest absolute Gasteiger partial charge is 0.481 e. The number of nitrogens with two attached hydrogens (primary N) is 1. The van der Waals surface area contributed by atoms with Gasteiger partial charge in [0.05, 0.1) is 18.2 Å². The number of nitrogen functional groups attached to an aromatic ring is 1. The van der Waals surface area contributed by atoms with Gasteiger partial charge >= 0.3 is 0 Å².